The largest absolute Gasteiger partial charge is 0.495 e. The Kier molecular flexibility index (Phi) is 4.81. The van der Waals surface area contributed by atoms with Crippen molar-refractivity contribution in [3.8, 4) is 5.75 Å². The minimum atomic E-state index is -0.391. The second-order valence-corrected chi connectivity index (χ2v) is 8.40. The van der Waals surface area contributed by atoms with Crippen LogP contribution in [0, 0.1) is 11.6 Å². The summed E-state index contributed by atoms with van der Waals surface area (Å²) in [6, 6.07) is 19.7. The summed E-state index contributed by atoms with van der Waals surface area (Å²) in [5.74, 6) is -0.349. The van der Waals surface area contributed by atoms with Crippen LogP contribution in [-0.4, -0.2) is 27.0 Å². The third kappa shape index (κ3) is 3.69. The molecule has 0 aliphatic rings. The van der Waals surface area contributed by atoms with Crippen LogP contribution in [0.4, 0.5) is 14.5 Å². The standard InChI is InChI=1S/C27H20F2N4O2/c1-35-21-13-26-31-22-12-20(6-8-24(22)33(26)15-21)30-27(34)25-11-17-10-19(29)5-7-23(17)32(25)14-16-3-2-4-18(28)9-16/h2-13,15,31H,14H2,1H3,(H,30,34). The van der Waals surface area contributed by atoms with E-state index >= 15 is 0 Å². The number of carbonyl (C=O) groups excluding carboxylic acids is 1. The second-order valence-electron chi connectivity index (χ2n) is 8.40. The Hall–Kier alpha value is -4.59. The van der Waals surface area contributed by atoms with Crippen LogP contribution in [0.1, 0.15) is 16.1 Å². The molecule has 0 aliphatic carbocycles. The highest BCUT2D eigenvalue weighted by Gasteiger charge is 2.18. The monoisotopic (exact) mass is 470 g/mol. The minimum absolute atomic E-state index is 0.263. The van der Waals surface area contributed by atoms with E-state index in [1.807, 2.05) is 34.9 Å². The summed E-state index contributed by atoms with van der Waals surface area (Å²) in [4.78, 5) is 16.7. The molecule has 3 aromatic heterocycles. The van der Waals surface area contributed by atoms with E-state index in [1.165, 1.54) is 24.3 Å². The number of aromatic amines is 1. The molecule has 6 rings (SSSR count). The smallest absolute Gasteiger partial charge is 0.272 e. The van der Waals surface area contributed by atoms with Gasteiger partial charge in [0.25, 0.3) is 5.91 Å². The van der Waals surface area contributed by atoms with Crippen molar-refractivity contribution in [1.29, 1.82) is 0 Å². The van der Waals surface area contributed by atoms with E-state index in [0.717, 1.165) is 22.4 Å². The van der Waals surface area contributed by atoms with Gasteiger partial charge in [0.2, 0.25) is 0 Å². The number of ether oxygens (including phenoxy) is 1. The normalized spacial score (nSPS) is 11.5. The van der Waals surface area contributed by atoms with Crippen LogP contribution >= 0.6 is 0 Å². The molecule has 0 unspecified atom stereocenters. The molecule has 35 heavy (non-hydrogen) atoms. The number of fused-ring (bicyclic) bond motifs is 4. The minimum Gasteiger partial charge on any atom is -0.495 e. The third-order valence-corrected chi connectivity index (χ3v) is 6.13. The van der Waals surface area contributed by atoms with Crippen molar-refractivity contribution in [3.63, 3.8) is 0 Å². The van der Waals surface area contributed by atoms with Crippen LogP contribution in [0.25, 0.3) is 27.6 Å². The summed E-state index contributed by atoms with van der Waals surface area (Å²) >= 11 is 0. The second kappa shape index (κ2) is 8.02. The summed E-state index contributed by atoms with van der Waals surface area (Å²) in [5, 5.41) is 3.53. The van der Waals surface area contributed by atoms with Crippen LogP contribution in [0.5, 0.6) is 5.75 Å². The fourth-order valence-corrected chi connectivity index (χ4v) is 4.52. The zero-order valence-corrected chi connectivity index (χ0v) is 18.7. The molecule has 0 spiro atoms. The lowest BCUT2D eigenvalue weighted by atomic mass is 10.2. The number of methoxy groups -OCH3 is 1. The number of aromatic nitrogens is 3. The van der Waals surface area contributed by atoms with Crippen molar-refractivity contribution >= 4 is 39.2 Å². The van der Waals surface area contributed by atoms with E-state index in [1.54, 1.807) is 35.9 Å². The van der Waals surface area contributed by atoms with E-state index < -0.39 is 5.82 Å². The van der Waals surface area contributed by atoms with Crippen LogP contribution in [0.2, 0.25) is 0 Å². The Morgan fingerprint density at radius 3 is 2.63 bits per heavy atom. The number of carbonyl (C=O) groups is 1. The topological polar surface area (TPSA) is 63.5 Å². The number of benzene rings is 3. The molecule has 0 atom stereocenters. The van der Waals surface area contributed by atoms with Gasteiger partial charge in [-0.25, -0.2) is 8.78 Å². The summed E-state index contributed by atoms with van der Waals surface area (Å²) in [6.45, 7) is 0.263. The predicted molar refractivity (Wildman–Crippen MR) is 131 cm³/mol. The molecule has 6 nitrogen and oxygen atoms in total. The summed E-state index contributed by atoms with van der Waals surface area (Å²) in [5.41, 5.74) is 4.99. The first-order valence-electron chi connectivity index (χ1n) is 11.0. The number of nitrogens with one attached hydrogen (secondary N) is 2. The van der Waals surface area contributed by atoms with Gasteiger partial charge in [0, 0.05) is 29.2 Å². The molecule has 1 amide bonds. The predicted octanol–water partition coefficient (Wildman–Crippen LogP) is 5.96. The molecular weight excluding hydrogens is 450 g/mol. The number of halogens is 2. The molecule has 3 heterocycles. The van der Waals surface area contributed by atoms with Gasteiger partial charge in [-0.15, -0.1) is 0 Å². The molecule has 8 heteroatoms. The van der Waals surface area contributed by atoms with E-state index in [4.69, 9.17) is 4.74 Å². The SMILES string of the molecule is COc1cc2[nH]c3cc(NC(=O)c4cc5cc(F)ccc5n4Cc4cccc(F)c4)ccc3n2c1. The van der Waals surface area contributed by atoms with E-state index in [2.05, 4.69) is 10.3 Å². The molecule has 2 N–H and O–H groups in total. The number of hydrogen-bond donors (Lipinski definition) is 2. The Labute approximate surface area is 198 Å². The Balaban J connectivity index is 1.37. The van der Waals surface area contributed by atoms with Gasteiger partial charge in [-0.3, -0.25) is 9.20 Å². The highest BCUT2D eigenvalue weighted by Crippen LogP contribution is 2.27. The Bertz CT molecular complexity index is 1750. The summed E-state index contributed by atoms with van der Waals surface area (Å²) in [6.07, 6.45) is 1.89. The van der Waals surface area contributed by atoms with Gasteiger partial charge >= 0.3 is 0 Å². The van der Waals surface area contributed by atoms with Gasteiger partial charge in [0.05, 0.1) is 24.3 Å². The summed E-state index contributed by atoms with van der Waals surface area (Å²) < 4.78 is 36.7. The van der Waals surface area contributed by atoms with Crippen LogP contribution in [-0.2, 0) is 6.54 Å². The molecule has 0 saturated heterocycles. The van der Waals surface area contributed by atoms with Crippen molar-refractivity contribution in [3.05, 3.63) is 102 Å². The number of rotatable bonds is 5. The summed E-state index contributed by atoms with van der Waals surface area (Å²) in [7, 11) is 1.62. The number of anilines is 1. The maximum atomic E-state index is 13.9. The first kappa shape index (κ1) is 21.0. The highest BCUT2D eigenvalue weighted by molar-refractivity contribution is 6.07. The number of imidazole rings is 1. The van der Waals surface area contributed by atoms with Crippen molar-refractivity contribution in [2.45, 2.75) is 6.54 Å². The van der Waals surface area contributed by atoms with Gasteiger partial charge in [-0.1, -0.05) is 12.1 Å². The fraction of sp³-hybridized carbons (Fsp3) is 0.0741. The van der Waals surface area contributed by atoms with Crippen LogP contribution in [0.3, 0.4) is 0 Å². The van der Waals surface area contributed by atoms with Crippen LogP contribution < -0.4 is 10.1 Å². The lowest BCUT2D eigenvalue weighted by molar-refractivity contribution is 0.101. The van der Waals surface area contributed by atoms with Crippen molar-refractivity contribution < 1.29 is 18.3 Å². The van der Waals surface area contributed by atoms with Crippen molar-refractivity contribution in [2.24, 2.45) is 0 Å². The average Bonchev–Trinajstić information content (AvgIpc) is 3.49. The quantitative estimate of drug-likeness (QED) is 0.326. The molecule has 0 aliphatic heterocycles. The Morgan fingerprint density at radius 2 is 1.80 bits per heavy atom. The molecule has 0 saturated carbocycles. The van der Waals surface area contributed by atoms with E-state index in [0.29, 0.717) is 27.8 Å². The molecule has 0 bridgehead atoms. The zero-order chi connectivity index (χ0) is 24.1. The van der Waals surface area contributed by atoms with E-state index in [-0.39, 0.29) is 18.3 Å². The van der Waals surface area contributed by atoms with Gasteiger partial charge in [0.15, 0.2) is 0 Å². The lowest BCUT2D eigenvalue weighted by Gasteiger charge is -2.12. The molecule has 0 radical (unpaired) electrons. The molecule has 174 valence electrons. The number of hydrogen-bond acceptors (Lipinski definition) is 2. The Morgan fingerprint density at radius 1 is 0.971 bits per heavy atom. The number of amides is 1. The van der Waals surface area contributed by atoms with Gasteiger partial charge < -0.3 is 19.6 Å². The first-order chi connectivity index (χ1) is 17.0. The molecule has 3 aromatic carbocycles. The number of nitrogens with zero attached hydrogens (tertiary/aromatic N) is 2. The first-order valence-corrected chi connectivity index (χ1v) is 11.0. The maximum Gasteiger partial charge on any atom is 0.272 e. The zero-order valence-electron chi connectivity index (χ0n) is 18.7. The maximum absolute atomic E-state index is 13.9. The van der Waals surface area contributed by atoms with Gasteiger partial charge in [0.1, 0.15) is 28.7 Å². The molecule has 6 aromatic rings. The molecule has 0 fully saturated rings. The lowest BCUT2D eigenvalue weighted by Crippen LogP contribution is -2.17. The van der Waals surface area contributed by atoms with Crippen molar-refractivity contribution in [2.75, 3.05) is 12.4 Å². The molecular formula is C27H20F2N4O2. The van der Waals surface area contributed by atoms with Crippen molar-refractivity contribution in [1.82, 2.24) is 14.0 Å². The third-order valence-electron chi connectivity index (χ3n) is 6.13. The number of H-pyrrole nitrogens is 1. The fourth-order valence-electron chi connectivity index (χ4n) is 4.52. The van der Waals surface area contributed by atoms with E-state index in [9.17, 15) is 13.6 Å². The van der Waals surface area contributed by atoms with Crippen LogP contribution in [0.15, 0.2) is 79.0 Å². The highest BCUT2D eigenvalue weighted by atomic mass is 19.1. The average molecular weight is 470 g/mol. The van der Waals surface area contributed by atoms with Gasteiger partial charge in [-0.05, 0) is 60.2 Å². The van der Waals surface area contributed by atoms with Gasteiger partial charge in [-0.2, -0.15) is 0 Å².